The zero-order valence-electron chi connectivity index (χ0n) is 24.0. The second kappa shape index (κ2) is 13.0. The Balaban J connectivity index is 2.00. The third-order valence-corrected chi connectivity index (χ3v) is 8.17. The van der Waals surface area contributed by atoms with E-state index in [0.717, 1.165) is 15.4 Å². The van der Waals surface area contributed by atoms with Gasteiger partial charge in [0.05, 0.1) is 17.7 Å². The van der Waals surface area contributed by atoms with Gasteiger partial charge >= 0.3 is 0 Å². The molecule has 2 amide bonds. The van der Waals surface area contributed by atoms with Crippen LogP contribution in [0.5, 0.6) is 5.75 Å². The van der Waals surface area contributed by atoms with Crippen LogP contribution in [0.3, 0.4) is 0 Å². The quantitative estimate of drug-likeness (QED) is 0.367. The molecule has 0 spiro atoms. The fraction of sp³-hybridized carbons (Fsp3) is 0.355. The van der Waals surface area contributed by atoms with Crippen LogP contribution in [0.25, 0.3) is 0 Å². The number of nitrogens with zero attached hydrogens (tertiary/aromatic N) is 2. The number of ether oxygens (including phenoxy) is 1. The van der Waals surface area contributed by atoms with Crippen molar-refractivity contribution >= 4 is 27.5 Å². The van der Waals surface area contributed by atoms with Gasteiger partial charge < -0.3 is 15.0 Å². The Labute approximate surface area is 238 Å². The van der Waals surface area contributed by atoms with Crippen LogP contribution in [0, 0.1) is 6.92 Å². The number of sulfonamides is 1. The normalized spacial score (nSPS) is 12.3. The van der Waals surface area contributed by atoms with Gasteiger partial charge in [-0.05, 0) is 70.9 Å². The lowest BCUT2D eigenvalue weighted by Gasteiger charge is -2.33. The molecule has 0 saturated carbocycles. The van der Waals surface area contributed by atoms with Crippen molar-refractivity contribution < 1.29 is 22.7 Å². The summed E-state index contributed by atoms with van der Waals surface area (Å²) in [6.45, 7) is 8.87. The summed E-state index contributed by atoms with van der Waals surface area (Å²) in [5.74, 6) is -0.359. The maximum Gasteiger partial charge on any atom is 0.264 e. The van der Waals surface area contributed by atoms with E-state index in [9.17, 15) is 18.0 Å². The standard InChI is InChI=1S/C31H39N3O5S/c1-23-15-17-28(18-16-23)40(37,38)34(26-13-10-14-27(21-26)39-6)22-29(35)33(20-19-25-11-8-7-9-12-25)24(2)30(36)32-31(3,4)5/h7-18,21,24H,19-20,22H2,1-6H3,(H,32,36)/t24-/m0/s1. The molecule has 9 heteroatoms. The first-order chi connectivity index (χ1) is 18.8. The molecule has 0 radical (unpaired) electrons. The highest BCUT2D eigenvalue weighted by atomic mass is 32.2. The number of methoxy groups -OCH3 is 1. The predicted octanol–water partition coefficient (Wildman–Crippen LogP) is 4.57. The summed E-state index contributed by atoms with van der Waals surface area (Å²) in [6.07, 6.45) is 0.504. The highest BCUT2D eigenvalue weighted by Crippen LogP contribution is 2.27. The van der Waals surface area contributed by atoms with E-state index in [1.54, 1.807) is 43.3 Å². The van der Waals surface area contributed by atoms with Crippen LogP contribution in [0.2, 0.25) is 0 Å². The van der Waals surface area contributed by atoms with Gasteiger partial charge in [-0.3, -0.25) is 13.9 Å². The van der Waals surface area contributed by atoms with Crippen LogP contribution in [-0.4, -0.2) is 56.9 Å². The number of anilines is 1. The highest BCUT2D eigenvalue weighted by Gasteiger charge is 2.33. The third kappa shape index (κ3) is 8.08. The van der Waals surface area contributed by atoms with Crippen molar-refractivity contribution in [2.75, 3.05) is 24.5 Å². The molecule has 3 aromatic carbocycles. The zero-order chi connectivity index (χ0) is 29.5. The van der Waals surface area contributed by atoms with E-state index in [4.69, 9.17) is 4.74 Å². The molecule has 1 atom stereocenters. The van der Waals surface area contributed by atoms with Gasteiger partial charge in [-0.2, -0.15) is 0 Å². The van der Waals surface area contributed by atoms with Gasteiger partial charge in [0.15, 0.2) is 0 Å². The van der Waals surface area contributed by atoms with Gasteiger partial charge in [-0.25, -0.2) is 8.42 Å². The SMILES string of the molecule is COc1cccc(N(CC(=O)N(CCc2ccccc2)[C@@H](C)C(=O)NC(C)(C)C)S(=O)(=O)c2ccc(C)cc2)c1. The molecule has 3 aromatic rings. The topological polar surface area (TPSA) is 96.0 Å². The van der Waals surface area contributed by atoms with Gasteiger partial charge in [0, 0.05) is 18.2 Å². The van der Waals surface area contributed by atoms with Crippen molar-refractivity contribution in [3.05, 3.63) is 90.0 Å². The fourth-order valence-electron chi connectivity index (χ4n) is 4.18. The Morgan fingerprint density at radius 1 is 0.950 bits per heavy atom. The lowest BCUT2D eigenvalue weighted by atomic mass is 10.1. The number of carbonyl (C=O) groups excluding carboxylic acids is 2. The number of nitrogens with one attached hydrogen (secondary N) is 1. The molecule has 0 heterocycles. The van der Waals surface area contributed by atoms with Crippen LogP contribution in [0.4, 0.5) is 5.69 Å². The number of hydrogen-bond donors (Lipinski definition) is 1. The maximum atomic E-state index is 14.0. The molecule has 0 aliphatic rings. The van der Waals surface area contributed by atoms with Crippen molar-refractivity contribution in [2.45, 2.75) is 57.5 Å². The van der Waals surface area contributed by atoms with E-state index in [1.807, 2.05) is 58.0 Å². The molecule has 214 valence electrons. The van der Waals surface area contributed by atoms with Gasteiger partial charge in [-0.15, -0.1) is 0 Å². The van der Waals surface area contributed by atoms with Gasteiger partial charge in [0.25, 0.3) is 10.0 Å². The van der Waals surface area contributed by atoms with Crippen LogP contribution in [-0.2, 0) is 26.0 Å². The minimum Gasteiger partial charge on any atom is -0.497 e. The first-order valence-corrected chi connectivity index (χ1v) is 14.6. The molecule has 0 aromatic heterocycles. The lowest BCUT2D eigenvalue weighted by molar-refractivity contribution is -0.139. The number of benzene rings is 3. The summed E-state index contributed by atoms with van der Waals surface area (Å²) in [6, 6.07) is 21.8. The monoisotopic (exact) mass is 565 g/mol. The third-order valence-electron chi connectivity index (χ3n) is 6.38. The smallest absolute Gasteiger partial charge is 0.264 e. The molecule has 0 fully saturated rings. The molecule has 3 rings (SSSR count). The molecule has 0 aliphatic carbocycles. The molecule has 1 N–H and O–H groups in total. The van der Waals surface area contributed by atoms with Gasteiger partial charge in [-0.1, -0.05) is 54.1 Å². The number of hydrogen-bond acceptors (Lipinski definition) is 5. The van der Waals surface area contributed by atoms with Gasteiger partial charge in [0.2, 0.25) is 11.8 Å². The second-order valence-corrected chi connectivity index (χ2v) is 12.6. The van der Waals surface area contributed by atoms with Crippen LogP contribution >= 0.6 is 0 Å². The summed E-state index contributed by atoms with van der Waals surface area (Å²) >= 11 is 0. The Kier molecular flexibility index (Phi) is 9.98. The predicted molar refractivity (Wildman–Crippen MR) is 158 cm³/mol. The first kappa shape index (κ1) is 30.7. The fourth-order valence-corrected chi connectivity index (χ4v) is 5.58. The van der Waals surface area contributed by atoms with E-state index in [-0.39, 0.29) is 23.0 Å². The Morgan fingerprint density at radius 2 is 1.60 bits per heavy atom. The van der Waals surface area contributed by atoms with Crippen LogP contribution in [0.15, 0.2) is 83.8 Å². The van der Waals surface area contributed by atoms with E-state index >= 15 is 0 Å². The molecular weight excluding hydrogens is 526 g/mol. The average molecular weight is 566 g/mol. The van der Waals surface area contributed by atoms with Crippen molar-refractivity contribution in [2.24, 2.45) is 0 Å². The minimum atomic E-state index is -4.14. The van der Waals surface area contributed by atoms with Crippen molar-refractivity contribution in [1.29, 1.82) is 0 Å². The largest absolute Gasteiger partial charge is 0.497 e. The summed E-state index contributed by atoms with van der Waals surface area (Å²) in [5.41, 5.74) is 1.69. The molecule has 40 heavy (non-hydrogen) atoms. The number of amides is 2. The minimum absolute atomic E-state index is 0.0584. The van der Waals surface area contributed by atoms with E-state index in [0.29, 0.717) is 12.2 Å². The Morgan fingerprint density at radius 3 is 2.20 bits per heavy atom. The first-order valence-electron chi connectivity index (χ1n) is 13.2. The Bertz CT molecular complexity index is 1400. The highest BCUT2D eigenvalue weighted by molar-refractivity contribution is 7.92. The summed E-state index contributed by atoms with van der Waals surface area (Å²) < 4.78 is 34.2. The zero-order valence-corrected chi connectivity index (χ0v) is 24.9. The molecule has 8 nitrogen and oxygen atoms in total. The average Bonchev–Trinajstić information content (AvgIpc) is 2.91. The Hall–Kier alpha value is -3.85. The lowest BCUT2D eigenvalue weighted by Crippen LogP contribution is -2.55. The van der Waals surface area contributed by atoms with E-state index < -0.39 is 34.1 Å². The van der Waals surface area contributed by atoms with Crippen LogP contribution in [0.1, 0.15) is 38.8 Å². The summed E-state index contributed by atoms with van der Waals surface area (Å²) in [7, 11) is -2.65. The van der Waals surface area contributed by atoms with Crippen LogP contribution < -0.4 is 14.4 Å². The van der Waals surface area contributed by atoms with E-state index in [2.05, 4.69) is 5.32 Å². The molecule has 0 aliphatic heterocycles. The molecule has 0 bridgehead atoms. The number of aryl methyl sites for hydroxylation is 1. The van der Waals surface area contributed by atoms with Crippen molar-refractivity contribution in [3.8, 4) is 5.75 Å². The maximum absolute atomic E-state index is 14.0. The number of rotatable bonds is 11. The summed E-state index contributed by atoms with van der Waals surface area (Å²) in [4.78, 5) is 28.6. The van der Waals surface area contributed by atoms with Crippen molar-refractivity contribution in [3.63, 3.8) is 0 Å². The second-order valence-electron chi connectivity index (χ2n) is 10.8. The van der Waals surface area contributed by atoms with Gasteiger partial charge in [0.1, 0.15) is 18.3 Å². The van der Waals surface area contributed by atoms with E-state index in [1.165, 1.54) is 24.1 Å². The molecule has 0 saturated heterocycles. The van der Waals surface area contributed by atoms with Crippen molar-refractivity contribution in [1.82, 2.24) is 10.2 Å². The summed E-state index contributed by atoms with van der Waals surface area (Å²) in [5, 5.41) is 2.93. The molecular formula is C31H39N3O5S. The molecule has 0 unspecified atom stereocenters. The number of carbonyl (C=O) groups is 2.